The molecule has 0 saturated carbocycles. The molecule has 1 aliphatic rings. The highest BCUT2D eigenvalue weighted by molar-refractivity contribution is 7.89. The predicted molar refractivity (Wildman–Crippen MR) is 99.6 cm³/mol. The van der Waals surface area contributed by atoms with Gasteiger partial charge in [0, 0.05) is 50.2 Å². The van der Waals surface area contributed by atoms with Crippen LogP contribution in [0.5, 0.6) is 0 Å². The summed E-state index contributed by atoms with van der Waals surface area (Å²) in [7, 11) is -7.75. The molecular weight excluding hydrogens is 408 g/mol. The molecule has 0 radical (unpaired) electrons. The Kier molecular flexibility index (Phi) is 5.48. The lowest BCUT2D eigenvalue weighted by Gasteiger charge is -2.33. The van der Waals surface area contributed by atoms with Crippen LogP contribution in [0.1, 0.15) is 5.56 Å². The van der Waals surface area contributed by atoms with Crippen LogP contribution in [0.25, 0.3) is 0 Å². The Hall–Kier alpha value is -2.41. The zero-order valence-corrected chi connectivity index (χ0v) is 16.6. The third-order valence-electron chi connectivity index (χ3n) is 4.54. The van der Waals surface area contributed by atoms with Crippen molar-refractivity contribution < 1.29 is 21.8 Å². The first-order valence-electron chi connectivity index (χ1n) is 8.30. The molecule has 150 valence electrons. The fourth-order valence-electron chi connectivity index (χ4n) is 3.02. The molecule has 0 bridgehead atoms. The summed E-state index contributed by atoms with van der Waals surface area (Å²) in [5.41, 5.74) is -0.225. The summed E-state index contributed by atoms with van der Waals surface area (Å²) in [6, 6.07) is 6.82. The van der Waals surface area contributed by atoms with Crippen molar-refractivity contribution in [3.8, 4) is 0 Å². The molecule has 0 atom stereocenters. The Morgan fingerprint density at radius 3 is 2.11 bits per heavy atom. The van der Waals surface area contributed by atoms with E-state index in [0.29, 0.717) is 0 Å². The molecule has 0 spiro atoms. The van der Waals surface area contributed by atoms with E-state index >= 15 is 0 Å². The monoisotopic (exact) mass is 426 g/mol. The molecule has 1 fully saturated rings. The zero-order valence-electron chi connectivity index (χ0n) is 14.9. The van der Waals surface area contributed by atoms with Gasteiger partial charge in [-0.3, -0.25) is 15.1 Å². The van der Waals surface area contributed by atoms with Crippen molar-refractivity contribution in [2.75, 3.05) is 26.2 Å². The Morgan fingerprint density at radius 2 is 1.57 bits per heavy atom. The van der Waals surface area contributed by atoms with Gasteiger partial charge in [0.15, 0.2) is 0 Å². The van der Waals surface area contributed by atoms with Crippen molar-refractivity contribution in [3.05, 3.63) is 58.4 Å². The summed E-state index contributed by atoms with van der Waals surface area (Å²) in [6.07, 6.45) is 2.70. The Labute approximate surface area is 162 Å². The number of sulfonamides is 2. The van der Waals surface area contributed by atoms with Gasteiger partial charge in [0.25, 0.3) is 5.69 Å². The predicted octanol–water partition coefficient (Wildman–Crippen LogP) is 0.993. The maximum Gasteiger partial charge on any atom is 0.273 e. The molecule has 2 heterocycles. The average molecular weight is 426 g/mol. The molecule has 1 saturated heterocycles. The normalized spacial score (nSPS) is 16.8. The highest BCUT2D eigenvalue weighted by Gasteiger charge is 2.35. The minimum atomic E-state index is -3.99. The van der Waals surface area contributed by atoms with Crippen LogP contribution in [0.4, 0.5) is 5.69 Å². The van der Waals surface area contributed by atoms with E-state index in [1.807, 2.05) is 0 Å². The Bertz CT molecular complexity index is 1100. The molecule has 0 aliphatic carbocycles. The van der Waals surface area contributed by atoms with Crippen LogP contribution in [0.2, 0.25) is 0 Å². The second kappa shape index (κ2) is 7.54. The van der Waals surface area contributed by atoms with Gasteiger partial charge in [-0.05, 0) is 25.1 Å². The third-order valence-corrected chi connectivity index (χ3v) is 8.47. The summed E-state index contributed by atoms with van der Waals surface area (Å²) in [4.78, 5) is 14.2. The van der Waals surface area contributed by atoms with Crippen LogP contribution in [-0.4, -0.2) is 61.5 Å². The van der Waals surface area contributed by atoms with Gasteiger partial charge in [-0.15, -0.1) is 0 Å². The molecule has 1 aliphatic heterocycles. The topological polar surface area (TPSA) is 131 Å². The second-order valence-corrected chi connectivity index (χ2v) is 10.00. The lowest BCUT2D eigenvalue weighted by molar-refractivity contribution is -0.385. The smallest absolute Gasteiger partial charge is 0.263 e. The van der Waals surface area contributed by atoms with E-state index in [1.165, 1.54) is 54.0 Å². The number of nitro benzene ring substituents is 1. The number of piperazine rings is 1. The maximum absolute atomic E-state index is 12.9. The van der Waals surface area contributed by atoms with Crippen molar-refractivity contribution in [1.82, 2.24) is 13.6 Å². The first-order valence-corrected chi connectivity index (χ1v) is 11.2. The maximum atomic E-state index is 12.9. The summed E-state index contributed by atoms with van der Waals surface area (Å²) in [5, 5.41) is 11.1. The fraction of sp³-hybridized carbons (Fsp3) is 0.312. The van der Waals surface area contributed by atoms with Gasteiger partial charge < -0.3 is 0 Å². The molecule has 12 heteroatoms. The van der Waals surface area contributed by atoms with Crippen molar-refractivity contribution in [3.63, 3.8) is 0 Å². The van der Waals surface area contributed by atoms with E-state index in [4.69, 9.17) is 0 Å². The number of nitrogens with zero attached hydrogens (tertiary/aromatic N) is 4. The molecule has 1 aromatic heterocycles. The molecule has 0 unspecified atom stereocenters. The van der Waals surface area contributed by atoms with Crippen LogP contribution in [0, 0.1) is 17.0 Å². The number of hydrogen-bond acceptors (Lipinski definition) is 7. The number of pyridine rings is 1. The summed E-state index contributed by atoms with van der Waals surface area (Å²) in [6.45, 7) is 1.23. The van der Waals surface area contributed by atoms with Crippen molar-refractivity contribution >= 4 is 25.7 Å². The van der Waals surface area contributed by atoms with Gasteiger partial charge in [0.1, 0.15) is 4.90 Å². The molecule has 3 rings (SSSR count). The molecule has 0 N–H and O–H groups in total. The van der Waals surface area contributed by atoms with E-state index in [-0.39, 0.29) is 47.2 Å². The van der Waals surface area contributed by atoms with E-state index in [9.17, 15) is 26.9 Å². The van der Waals surface area contributed by atoms with E-state index in [0.717, 1.165) is 4.31 Å². The largest absolute Gasteiger partial charge is 0.273 e. The van der Waals surface area contributed by atoms with Gasteiger partial charge in [0.05, 0.1) is 9.82 Å². The van der Waals surface area contributed by atoms with Gasteiger partial charge >= 0.3 is 0 Å². The minimum Gasteiger partial charge on any atom is -0.263 e. The lowest BCUT2D eigenvalue weighted by Crippen LogP contribution is -2.50. The van der Waals surface area contributed by atoms with Crippen molar-refractivity contribution in [2.24, 2.45) is 0 Å². The van der Waals surface area contributed by atoms with E-state index in [1.54, 1.807) is 0 Å². The van der Waals surface area contributed by atoms with Crippen molar-refractivity contribution in [1.29, 1.82) is 0 Å². The Balaban J connectivity index is 1.82. The number of hydrogen-bond donors (Lipinski definition) is 0. The first-order chi connectivity index (χ1) is 13.2. The third kappa shape index (κ3) is 3.63. The number of nitro groups is 1. The molecule has 2 aromatic rings. The van der Waals surface area contributed by atoms with Crippen LogP contribution in [0.3, 0.4) is 0 Å². The fourth-order valence-corrected chi connectivity index (χ4v) is 6.07. The van der Waals surface area contributed by atoms with E-state index < -0.39 is 25.0 Å². The molecule has 0 amide bonds. The van der Waals surface area contributed by atoms with Gasteiger partial charge in [-0.25, -0.2) is 16.8 Å². The standard InChI is InChI=1S/C16H18N4O6S2/c1-13-15(20(21)22)5-2-6-16(13)28(25,26)19-10-8-18(9-11-19)27(23,24)14-4-3-7-17-12-14/h2-7,12H,8-11H2,1H3. The van der Waals surface area contributed by atoms with Crippen LogP contribution < -0.4 is 0 Å². The van der Waals surface area contributed by atoms with Crippen molar-refractivity contribution in [2.45, 2.75) is 16.7 Å². The average Bonchev–Trinajstić information content (AvgIpc) is 2.68. The molecule has 10 nitrogen and oxygen atoms in total. The summed E-state index contributed by atoms with van der Waals surface area (Å²) >= 11 is 0. The zero-order chi connectivity index (χ0) is 20.5. The highest BCUT2D eigenvalue weighted by atomic mass is 32.2. The van der Waals surface area contributed by atoms with Gasteiger partial charge in [-0.2, -0.15) is 8.61 Å². The summed E-state index contributed by atoms with van der Waals surface area (Å²) in [5.74, 6) is 0. The SMILES string of the molecule is Cc1c([N+](=O)[O-])cccc1S(=O)(=O)N1CCN(S(=O)(=O)c2cccnc2)CC1. The number of benzene rings is 1. The summed E-state index contributed by atoms with van der Waals surface area (Å²) < 4.78 is 53.5. The lowest BCUT2D eigenvalue weighted by atomic mass is 10.2. The van der Waals surface area contributed by atoms with Crippen LogP contribution >= 0.6 is 0 Å². The highest BCUT2D eigenvalue weighted by Crippen LogP contribution is 2.28. The number of aromatic nitrogens is 1. The minimum absolute atomic E-state index is 0.0234. The molecule has 1 aromatic carbocycles. The van der Waals surface area contributed by atoms with Crippen LogP contribution in [0.15, 0.2) is 52.5 Å². The van der Waals surface area contributed by atoms with Crippen LogP contribution in [-0.2, 0) is 20.0 Å². The molecule has 28 heavy (non-hydrogen) atoms. The second-order valence-electron chi connectivity index (χ2n) is 6.15. The quantitative estimate of drug-likeness (QED) is 0.515. The Morgan fingerprint density at radius 1 is 0.964 bits per heavy atom. The van der Waals surface area contributed by atoms with Gasteiger partial charge in [-0.1, -0.05) is 6.07 Å². The van der Waals surface area contributed by atoms with E-state index in [2.05, 4.69) is 4.98 Å². The first kappa shape index (κ1) is 20.3. The number of rotatable bonds is 5. The molecular formula is C16H18N4O6S2. The van der Waals surface area contributed by atoms with Gasteiger partial charge in [0.2, 0.25) is 20.0 Å².